The van der Waals surface area contributed by atoms with Crippen molar-refractivity contribution in [3.63, 3.8) is 0 Å². The lowest BCUT2D eigenvalue weighted by Crippen LogP contribution is -1.96. The Morgan fingerprint density at radius 2 is 2.06 bits per heavy atom. The average molecular weight is 236 g/mol. The Kier molecular flexibility index (Phi) is 4.57. The van der Waals surface area contributed by atoms with Crippen LogP contribution in [-0.2, 0) is 4.79 Å². The van der Waals surface area contributed by atoms with E-state index in [1.165, 1.54) is 6.08 Å². The summed E-state index contributed by atoms with van der Waals surface area (Å²) in [6.45, 7) is 1.90. The molecule has 0 heterocycles. The van der Waals surface area contributed by atoms with E-state index in [-0.39, 0.29) is 0 Å². The molecule has 0 bridgehead atoms. The molecule has 0 aliphatic rings. The Balaban J connectivity index is 3.24. The normalized spacial score (nSPS) is 11.1. The highest BCUT2D eigenvalue weighted by Gasteiger charge is 2.09. The van der Waals surface area contributed by atoms with Crippen molar-refractivity contribution in [2.45, 2.75) is 13.3 Å². The maximum Gasteiger partial charge on any atom is 0.328 e. The van der Waals surface area contributed by atoms with Crippen LogP contribution in [0.25, 0.3) is 5.57 Å². The molecule has 0 atom stereocenters. The van der Waals surface area contributed by atoms with Crippen molar-refractivity contribution in [2.75, 3.05) is 14.2 Å². The molecule has 0 fully saturated rings. The topological polar surface area (TPSA) is 55.8 Å². The van der Waals surface area contributed by atoms with Crippen LogP contribution in [-0.4, -0.2) is 25.3 Å². The molecular weight excluding hydrogens is 220 g/mol. The van der Waals surface area contributed by atoms with Crippen LogP contribution < -0.4 is 9.47 Å². The van der Waals surface area contributed by atoms with Crippen LogP contribution in [0.2, 0.25) is 0 Å². The molecule has 17 heavy (non-hydrogen) atoms. The van der Waals surface area contributed by atoms with Crippen LogP contribution in [0, 0.1) is 0 Å². The van der Waals surface area contributed by atoms with E-state index in [1.54, 1.807) is 32.4 Å². The van der Waals surface area contributed by atoms with E-state index in [2.05, 4.69) is 0 Å². The van der Waals surface area contributed by atoms with Gasteiger partial charge >= 0.3 is 5.97 Å². The van der Waals surface area contributed by atoms with Gasteiger partial charge in [-0.15, -0.1) is 0 Å². The summed E-state index contributed by atoms with van der Waals surface area (Å²) in [5, 5.41) is 8.80. The molecule has 4 heteroatoms. The number of methoxy groups -OCH3 is 2. The molecule has 0 saturated carbocycles. The second-order valence-electron chi connectivity index (χ2n) is 3.43. The lowest BCUT2D eigenvalue weighted by molar-refractivity contribution is -0.131. The van der Waals surface area contributed by atoms with Gasteiger partial charge in [0.2, 0.25) is 0 Å². The molecular formula is C13H16O4. The van der Waals surface area contributed by atoms with Crippen LogP contribution in [0.3, 0.4) is 0 Å². The summed E-state index contributed by atoms with van der Waals surface area (Å²) in [7, 11) is 3.12. The summed E-state index contributed by atoms with van der Waals surface area (Å²) in [5.74, 6) is 0.329. The number of carboxylic acid groups (broad SMARTS) is 1. The summed E-state index contributed by atoms with van der Waals surface area (Å²) in [4.78, 5) is 10.7. The fraction of sp³-hybridized carbons (Fsp3) is 0.308. The molecule has 0 aliphatic heterocycles. The van der Waals surface area contributed by atoms with Crippen LogP contribution in [0.5, 0.6) is 11.5 Å². The number of aliphatic carboxylic acids is 1. The first-order valence-corrected chi connectivity index (χ1v) is 5.28. The Morgan fingerprint density at radius 3 is 2.53 bits per heavy atom. The Bertz CT molecular complexity index is 435. The number of allylic oxidation sites excluding steroid dienone is 1. The predicted octanol–water partition coefficient (Wildman–Crippen LogP) is 2.58. The largest absolute Gasteiger partial charge is 0.497 e. The highest BCUT2D eigenvalue weighted by atomic mass is 16.5. The molecule has 0 aromatic heterocycles. The lowest BCUT2D eigenvalue weighted by atomic mass is 10.0. The zero-order valence-corrected chi connectivity index (χ0v) is 10.2. The highest BCUT2D eigenvalue weighted by Crippen LogP contribution is 2.31. The monoisotopic (exact) mass is 236 g/mol. The Morgan fingerprint density at radius 1 is 1.35 bits per heavy atom. The number of hydrogen-bond donors (Lipinski definition) is 1. The van der Waals surface area contributed by atoms with E-state index < -0.39 is 5.97 Å². The Hall–Kier alpha value is -1.97. The van der Waals surface area contributed by atoms with Gasteiger partial charge in [0.05, 0.1) is 14.2 Å². The van der Waals surface area contributed by atoms with Gasteiger partial charge in [-0.3, -0.25) is 0 Å². The van der Waals surface area contributed by atoms with Gasteiger partial charge in [-0.25, -0.2) is 4.79 Å². The van der Waals surface area contributed by atoms with E-state index in [0.29, 0.717) is 17.9 Å². The van der Waals surface area contributed by atoms with Crippen LogP contribution in [0.4, 0.5) is 0 Å². The zero-order chi connectivity index (χ0) is 12.8. The van der Waals surface area contributed by atoms with Gasteiger partial charge < -0.3 is 14.6 Å². The first kappa shape index (κ1) is 13.1. The number of rotatable bonds is 5. The van der Waals surface area contributed by atoms with Gasteiger partial charge in [0, 0.05) is 17.7 Å². The molecule has 1 N–H and O–H groups in total. The molecule has 0 aliphatic carbocycles. The van der Waals surface area contributed by atoms with Crippen molar-refractivity contribution in [3.8, 4) is 11.5 Å². The fourth-order valence-electron chi connectivity index (χ4n) is 1.58. The maximum absolute atomic E-state index is 10.7. The van der Waals surface area contributed by atoms with Gasteiger partial charge in [0.25, 0.3) is 0 Å². The third-order valence-electron chi connectivity index (χ3n) is 2.43. The Labute approximate surface area is 100 Å². The van der Waals surface area contributed by atoms with Crippen molar-refractivity contribution in [2.24, 2.45) is 0 Å². The number of benzene rings is 1. The van der Waals surface area contributed by atoms with Gasteiger partial charge in [0.15, 0.2) is 0 Å². The van der Waals surface area contributed by atoms with Gasteiger partial charge in [-0.1, -0.05) is 6.92 Å². The van der Waals surface area contributed by atoms with Gasteiger partial charge in [-0.2, -0.15) is 0 Å². The molecule has 1 aromatic carbocycles. The van der Waals surface area contributed by atoms with E-state index in [1.807, 2.05) is 6.92 Å². The molecule has 1 rings (SSSR count). The predicted molar refractivity (Wildman–Crippen MR) is 65.4 cm³/mol. The molecule has 0 unspecified atom stereocenters. The molecule has 0 spiro atoms. The van der Waals surface area contributed by atoms with Crippen LogP contribution in [0.15, 0.2) is 24.3 Å². The fourth-order valence-corrected chi connectivity index (χ4v) is 1.58. The van der Waals surface area contributed by atoms with Gasteiger partial charge in [-0.05, 0) is 24.1 Å². The standard InChI is InChI=1S/C13H16O4/c1-4-9(7-13(14)15)11-6-5-10(16-2)8-12(11)17-3/h5-8H,4H2,1-3H3,(H,14,15)/b9-7-. The molecule has 0 amide bonds. The van der Waals surface area contributed by atoms with E-state index in [0.717, 1.165) is 11.1 Å². The smallest absolute Gasteiger partial charge is 0.328 e. The summed E-state index contributed by atoms with van der Waals surface area (Å²) < 4.78 is 10.3. The molecule has 92 valence electrons. The molecule has 0 saturated heterocycles. The summed E-state index contributed by atoms with van der Waals surface area (Å²) in [5.41, 5.74) is 1.50. The minimum absolute atomic E-state index is 0.610. The summed E-state index contributed by atoms with van der Waals surface area (Å²) >= 11 is 0. The molecule has 1 aromatic rings. The molecule has 4 nitrogen and oxygen atoms in total. The van der Waals surface area contributed by atoms with Crippen molar-refractivity contribution >= 4 is 11.5 Å². The van der Waals surface area contributed by atoms with Crippen LogP contribution in [0.1, 0.15) is 18.9 Å². The van der Waals surface area contributed by atoms with Crippen molar-refractivity contribution in [1.29, 1.82) is 0 Å². The minimum atomic E-state index is -0.959. The van der Waals surface area contributed by atoms with Crippen LogP contribution >= 0.6 is 0 Å². The first-order valence-electron chi connectivity index (χ1n) is 5.28. The highest BCUT2D eigenvalue weighted by molar-refractivity contribution is 5.91. The third-order valence-corrected chi connectivity index (χ3v) is 2.43. The second kappa shape index (κ2) is 5.94. The van der Waals surface area contributed by atoms with E-state index in [9.17, 15) is 4.79 Å². The first-order chi connectivity index (χ1) is 8.12. The minimum Gasteiger partial charge on any atom is -0.497 e. The number of hydrogen-bond acceptors (Lipinski definition) is 3. The number of carbonyl (C=O) groups is 1. The second-order valence-corrected chi connectivity index (χ2v) is 3.43. The van der Waals surface area contributed by atoms with Crippen molar-refractivity contribution in [1.82, 2.24) is 0 Å². The number of ether oxygens (including phenoxy) is 2. The van der Waals surface area contributed by atoms with E-state index in [4.69, 9.17) is 14.6 Å². The molecule has 0 radical (unpaired) electrons. The average Bonchev–Trinajstić information content (AvgIpc) is 2.35. The third kappa shape index (κ3) is 3.24. The number of carboxylic acids is 1. The van der Waals surface area contributed by atoms with Crippen molar-refractivity contribution < 1.29 is 19.4 Å². The SMILES string of the molecule is CC/C(=C/C(=O)O)c1ccc(OC)cc1OC. The summed E-state index contributed by atoms with van der Waals surface area (Å²) in [6.07, 6.45) is 1.82. The lowest BCUT2D eigenvalue weighted by Gasteiger charge is -2.11. The zero-order valence-electron chi connectivity index (χ0n) is 10.2. The van der Waals surface area contributed by atoms with E-state index >= 15 is 0 Å². The summed E-state index contributed by atoms with van der Waals surface area (Å²) in [6, 6.07) is 5.32. The quantitative estimate of drug-likeness (QED) is 0.798. The van der Waals surface area contributed by atoms with Crippen molar-refractivity contribution in [3.05, 3.63) is 29.8 Å². The van der Waals surface area contributed by atoms with Gasteiger partial charge in [0.1, 0.15) is 11.5 Å². The maximum atomic E-state index is 10.7.